The Hall–Kier alpha value is -0.320. The van der Waals surface area contributed by atoms with E-state index in [0.29, 0.717) is 27.6 Å². The number of methoxy groups -OCH3 is 1. The van der Waals surface area contributed by atoms with Crippen molar-refractivity contribution in [2.75, 3.05) is 46.4 Å². The molecule has 9 heteroatoms. The Morgan fingerprint density at radius 3 is 2.50 bits per heavy atom. The highest BCUT2D eigenvalue weighted by molar-refractivity contribution is 14.0. The van der Waals surface area contributed by atoms with Crippen molar-refractivity contribution in [2.24, 2.45) is 4.99 Å². The van der Waals surface area contributed by atoms with Gasteiger partial charge in [0.25, 0.3) is 0 Å². The quantitative estimate of drug-likeness (QED) is 0.226. The molecular formula is C19H31Cl2IN4O2. The minimum atomic E-state index is -0.763. The van der Waals surface area contributed by atoms with Crippen molar-refractivity contribution in [2.45, 2.75) is 31.9 Å². The first kappa shape index (κ1) is 25.7. The molecule has 2 rings (SSSR count). The maximum absolute atomic E-state index is 10.4. The molecule has 1 aromatic rings. The first-order valence-corrected chi connectivity index (χ1v) is 10.2. The molecule has 0 amide bonds. The number of nitrogens with zero attached hydrogens (tertiary/aromatic N) is 2. The van der Waals surface area contributed by atoms with E-state index in [0.717, 1.165) is 32.8 Å². The summed E-state index contributed by atoms with van der Waals surface area (Å²) in [4.78, 5) is 6.93. The maximum atomic E-state index is 10.4. The maximum Gasteiger partial charge on any atom is 0.191 e. The van der Waals surface area contributed by atoms with Crippen LogP contribution in [0.5, 0.6) is 0 Å². The van der Waals surface area contributed by atoms with Gasteiger partial charge < -0.3 is 20.5 Å². The van der Waals surface area contributed by atoms with E-state index in [2.05, 4.69) is 20.5 Å². The van der Waals surface area contributed by atoms with Crippen LogP contribution in [0.1, 0.15) is 31.4 Å². The van der Waals surface area contributed by atoms with Gasteiger partial charge in [0.15, 0.2) is 5.96 Å². The molecule has 1 aliphatic carbocycles. The second-order valence-corrected chi connectivity index (χ2v) is 7.50. The van der Waals surface area contributed by atoms with Gasteiger partial charge in [-0.25, -0.2) is 0 Å². The molecule has 0 heterocycles. The van der Waals surface area contributed by atoms with E-state index in [1.165, 1.54) is 12.8 Å². The summed E-state index contributed by atoms with van der Waals surface area (Å²) >= 11 is 12.0. The van der Waals surface area contributed by atoms with Gasteiger partial charge in [-0.1, -0.05) is 23.2 Å². The van der Waals surface area contributed by atoms with Crippen LogP contribution in [-0.4, -0.2) is 68.4 Å². The molecule has 1 aliphatic rings. The molecule has 1 saturated carbocycles. The average molecular weight is 545 g/mol. The summed E-state index contributed by atoms with van der Waals surface area (Å²) in [5.41, 5.74) is 0.659. The Bertz CT molecular complexity index is 597. The van der Waals surface area contributed by atoms with E-state index >= 15 is 0 Å². The van der Waals surface area contributed by atoms with E-state index in [4.69, 9.17) is 27.9 Å². The lowest BCUT2D eigenvalue weighted by molar-refractivity contribution is 0.144. The first-order chi connectivity index (χ1) is 13.0. The number of hydrogen-bond donors (Lipinski definition) is 3. The number of halogens is 3. The summed E-state index contributed by atoms with van der Waals surface area (Å²) in [6.45, 7) is 6.41. The lowest BCUT2D eigenvalue weighted by Crippen LogP contribution is -2.43. The fourth-order valence-corrected chi connectivity index (χ4v) is 3.38. The van der Waals surface area contributed by atoms with Gasteiger partial charge in [-0.05, 0) is 43.5 Å². The predicted octanol–water partition coefficient (Wildman–Crippen LogP) is 3.31. The van der Waals surface area contributed by atoms with Crippen molar-refractivity contribution >= 4 is 53.1 Å². The molecule has 0 bridgehead atoms. The van der Waals surface area contributed by atoms with Gasteiger partial charge in [-0.15, -0.1) is 24.0 Å². The highest BCUT2D eigenvalue weighted by Gasteiger charge is 2.28. The largest absolute Gasteiger partial charge is 0.386 e. The van der Waals surface area contributed by atoms with Crippen molar-refractivity contribution < 1.29 is 9.84 Å². The third-order valence-corrected chi connectivity index (χ3v) is 4.81. The number of ether oxygens (including phenoxy) is 1. The molecule has 1 fully saturated rings. The van der Waals surface area contributed by atoms with E-state index in [9.17, 15) is 5.11 Å². The Morgan fingerprint density at radius 1 is 1.25 bits per heavy atom. The molecule has 0 radical (unpaired) electrons. The van der Waals surface area contributed by atoms with Gasteiger partial charge in [-0.3, -0.25) is 9.89 Å². The van der Waals surface area contributed by atoms with E-state index in [-0.39, 0.29) is 30.5 Å². The Kier molecular flexibility index (Phi) is 12.7. The smallest absolute Gasteiger partial charge is 0.191 e. The average Bonchev–Trinajstić information content (AvgIpc) is 3.46. The molecule has 28 heavy (non-hydrogen) atoms. The summed E-state index contributed by atoms with van der Waals surface area (Å²) in [7, 11) is 1.73. The number of aliphatic hydroxyl groups is 1. The second-order valence-electron chi connectivity index (χ2n) is 6.62. The van der Waals surface area contributed by atoms with Crippen molar-refractivity contribution in [3.8, 4) is 0 Å². The number of guanidine groups is 1. The normalized spacial score (nSPS) is 15.3. The Labute approximate surface area is 195 Å². The van der Waals surface area contributed by atoms with Crippen LogP contribution >= 0.6 is 47.2 Å². The summed E-state index contributed by atoms with van der Waals surface area (Å²) in [6.07, 6.45) is 1.78. The lowest BCUT2D eigenvalue weighted by atomic mass is 10.1. The number of aliphatic imine (C=N–C) groups is 1. The third kappa shape index (κ3) is 9.45. The summed E-state index contributed by atoms with van der Waals surface area (Å²) in [6, 6.07) is 5.74. The molecule has 6 nitrogen and oxygen atoms in total. The molecule has 1 atom stereocenters. The van der Waals surface area contributed by atoms with E-state index in [1.54, 1.807) is 25.3 Å². The van der Waals surface area contributed by atoms with Gasteiger partial charge in [0.1, 0.15) is 0 Å². The van der Waals surface area contributed by atoms with Crippen LogP contribution in [0.25, 0.3) is 0 Å². The summed E-state index contributed by atoms with van der Waals surface area (Å²) in [5.74, 6) is 0.687. The van der Waals surface area contributed by atoms with Crippen molar-refractivity contribution in [1.82, 2.24) is 15.5 Å². The molecule has 1 unspecified atom stereocenters. The number of hydrogen-bond acceptors (Lipinski definition) is 4. The van der Waals surface area contributed by atoms with E-state index < -0.39 is 6.10 Å². The van der Waals surface area contributed by atoms with Crippen molar-refractivity contribution in [3.05, 3.63) is 33.8 Å². The first-order valence-electron chi connectivity index (χ1n) is 9.42. The monoisotopic (exact) mass is 544 g/mol. The SMILES string of the molecule is CCNC(=NCC(O)c1cc(Cl)cc(Cl)c1)NCCN(CCOC)C1CC1.I. The van der Waals surface area contributed by atoms with Gasteiger partial charge in [0.05, 0.1) is 19.3 Å². The number of aliphatic hydroxyl groups excluding tert-OH is 1. The van der Waals surface area contributed by atoms with Crippen LogP contribution < -0.4 is 10.6 Å². The van der Waals surface area contributed by atoms with Gasteiger partial charge >= 0.3 is 0 Å². The molecule has 160 valence electrons. The predicted molar refractivity (Wildman–Crippen MR) is 127 cm³/mol. The fraction of sp³-hybridized carbons (Fsp3) is 0.632. The van der Waals surface area contributed by atoms with Crippen LogP contribution in [0.3, 0.4) is 0 Å². The number of benzene rings is 1. The zero-order valence-electron chi connectivity index (χ0n) is 16.5. The minimum absolute atomic E-state index is 0. The van der Waals surface area contributed by atoms with Crippen LogP contribution in [0.2, 0.25) is 10.0 Å². The molecule has 0 aromatic heterocycles. The van der Waals surface area contributed by atoms with Gasteiger partial charge in [0.2, 0.25) is 0 Å². The molecule has 0 aliphatic heterocycles. The van der Waals surface area contributed by atoms with Crippen LogP contribution in [-0.2, 0) is 4.74 Å². The van der Waals surface area contributed by atoms with Gasteiger partial charge in [-0.2, -0.15) is 0 Å². The zero-order valence-corrected chi connectivity index (χ0v) is 20.3. The Balaban J connectivity index is 0.00000392. The van der Waals surface area contributed by atoms with Crippen molar-refractivity contribution in [3.63, 3.8) is 0 Å². The topological polar surface area (TPSA) is 69.1 Å². The van der Waals surface area contributed by atoms with Crippen LogP contribution in [0.15, 0.2) is 23.2 Å². The Morgan fingerprint density at radius 2 is 1.93 bits per heavy atom. The lowest BCUT2D eigenvalue weighted by Gasteiger charge is -2.22. The molecule has 0 spiro atoms. The number of rotatable bonds is 11. The zero-order chi connectivity index (χ0) is 19.6. The fourth-order valence-electron chi connectivity index (χ4n) is 2.84. The molecular weight excluding hydrogens is 514 g/mol. The molecule has 0 saturated heterocycles. The van der Waals surface area contributed by atoms with Crippen molar-refractivity contribution in [1.29, 1.82) is 0 Å². The van der Waals surface area contributed by atoms with Gasteiger partial charge in [0, 0.05) is 49.4 Å². The standard InChI is InChI=1S/C19H30Cl2N4O2.HI/c1-3-22-19(23-6-7-25(8-9-27-2)17-4-5-17)24-13-18(26)14-10-15(20)12-16(21)11-14;/h10-12,17-18,26H,3-9,13H2,1-2H3,(H2,22,23,24);1H. The highest BCUT2D eigenvalue weighted by Crippen LogP contribution is 2.26. The molecule has 3 N–H and O–H groups in total. The minimum Gasteiger partial charge on any atom is -0.386 e. The second kappa shape index (κ2) is 13.8. The third-order valence-electron chi connectivity index (χ3n) is 4.37. The van der Waals surface area contributed by atoms with E-state index in [1.807, 2.05) is 6.92 Å². The summed E-state index contributed by atoms with van der Waals surface area (Å²) in [5, 5.41) is 17.9. The molecule has 1 aromatic carbocycles. The number of nitrogens with one attached hydrogen (secondary N) is 2. The highest BCUT2D eigenvalue weighted by atomic mass is 127. The summed E-state index contributed by atoms with van der Waals surface area (Å²) < 4.78 is 5.20. The van der Waals surface area contributed by atoms with Crippen LogP contribution in [0.4, 0.5) is 0 Å². The van der Waals surface area contributed by atoms with Crippen LogP contribution in [0, 0.1) is 0 Å².